The Morgan fingerprint density at radius 1 is 0.422 bits per heavy atom. The first kappa shape index (κ1) is 38.6. The van der Waals surface area contributed by atoms with E-state index in [1.54, 1.807) is 0 Å². The molecule has 11 rings (SSSR count). The van der Waals surface area contributed by atoms with Gasteiger partial charge in [-0.25, -0.2) is 4.85 Å². The van der Waals surface area contributed by atoms with Crippen molar-refractivity contribution in [3.63, 3.8) is 0 Å². The van der Waals surface area contributed by atoms with Crippen molar-refractivity contribution in [1.29, 1.82) is 5.26 Å². The molecule has 9 aromatic carbocycles. The Bertz CT molecular complexity index is 3520. The maximum atomic E-state index is 9.52. The number of anilines is 6. The summed E-state index contributed by atoms with van der Waals surface area (Å²) in [6.45, 7) is 20.5. The molecule has 0 fully saturated rings. The lowest BCUT2D eigenvalue weighted by Crippen LogP contribution is -2.11. The monoisotopic (exact) mass is 826 g/mol. The van der Waals surface area contributed by atoms with E-state index < -0.39 is 0 Å². The van der Waals surface area contributed by atoms with E-state index in [2.05, 4.69) is 159 Å². The van der Waals surface area contributed by atoms with Gasteiger partial charge in [0.05, 0.1) is 18.2 Å². The molecule has 0 saturated carbocycles. The summed E-state index contributed by atoms with van der Waals surface area (Å²) in [5.41, 5.74) is 18.2. The van der Waals surface area contributed by atoms with E-state index in [4.69, 9.17) is 15.4 Å². The molecule has 0 N–H and O–H groups in total. The lowest BCUT2D eigenvalue weighted by Gasteiger charge is -2.27. The van der Waals surface area contributed by atoms with Crippen LogP contribution in [0.2, 0.25) is 0 Å². The summed E-state index contributed by atoms with van der Waals surface area (Å²) in [7, 11) is 0. The van der Waals surface area contributed by atoms with E-state index in [0.717, 1.165) is 99.5 Å². The number of hydrogen-bond donors (Lipinski definition) is 0. The number of rotatable bonds is 6. The van der Waals surface area contributed by atoms with Crippen molar-refractivity contribution >= 4 is 105 Å². The SMILES string of the molecule is [C-]#[N+]c1ccc(N(c2cc(C)c(C)c(C)c2)c2ccc3c(ccc4c5cc6oc7c8ccc(N(c9ccc(C#N)cc9)c9cc(C)c(C)c(C)c9)cc8ccc7c6cc5oc34)c2)cc1. The summed E-state index contributed by atoms with van der Waals surface area (Å²) in [6, 6.07) is 52.7. The van der Waals surface area contributed by atoms with Gasteiger partial charge in [0.25, 0.3) is 0 Å². The first-order chi connectivity index (χ1) is 31.1. The maximum Gasteiger partial charge on any atom is 0.187 e. The van der Waals surface area contributed by atoms with Gasteiger partial charge in [0.2, 0.25) is 0 Å². The number of fused-ring (bicyclic) bond motifs is 10. The smallest absolute Gasteiger partial charge is 0.187 e. The molecule has 2 heterocycles. The zero-order chi connectivity index (χ0) is 44.0. The van der Waals surface area contributed by atoms with E-state index in [-0.39, 0.29) is 0 Å². The molecule has 11 aromatic rings. The zero-order valence-electron chi connectivity index (χ0n) is 36.5. The fraction of sp³-hybridized carbons (Fsp3) is 0.103. The van der Waals surface area contributed by atoms with E-state index in [9.17, 15) is 5.26 Å². The van der Waals surface area contributed by atoms with Gasteiger partial charge in [-0.3, -0.25) is 0 Å². The van der Waals surface area contributed by atoms with Crippen LogP contribution >= 0.6 is 0 Å². The standard InChI is InChI=1S/C58H42N4O2/c1-33-24-47(25-34(2)37(33)5)61(43-14-8-39(32-59)9-15-43)45-18-22-49-40(28-45)10-20-51-53-30-56-54(31-55(53)63-57(49)51)52-21-11-41-29-46(19-23-50(41)58(52)64-56)62(44-16-12-42(60-7)13-17-44)48-26-35(3)38(6)36(4)27-48/h8-31H,1-6H3. The van der Waals surface area contributed by atoms with Crippen molar-refractivity contribution in [3.05, 3.63) is 196 Å². The van der Waals surface area contributed by atoms with Crippen LogP contribution in [0.15, 0.2) is 154 Å². The Hall–Kier alpha value is -8.32. The van der Waals surface area contributed by atoms with E-state index >= 15 is 0 Å². The van der Waals surface area contributed by atoms with Gasteiger partial charge in [-0.2, -0.15) is 5.26 Å². The molecule has 0 spiro atoms. The van der Waals surface area contributed by atoms with Gasteiger partial charge in [0, 0.05) is 66.4 Å². The molecule has 6 nitrogen and oxygen atoms in total. The van der Waals surface area contributed by atoms with Crippen molar-refractivity contribution in [3.8, 4) is 6.07 Å². The van der Waals surface area contributed by atoms with Crippen molar-refractivity contribution in [2.24, 2.45) is 0 Å². The van der Waals surface area contributed by atoms with Crippen molar-refractivity contribution in [2.45, 2.75) is 41.5 Å². The molecule has 306 valence electrons. The predicted molar refractivity (Wildman–Crippen MR) is 265 cm³/mol. The fourth-order valence-electron chi connectivity index (χ4n) is 9.41. The molecular weight excluding hydrogens is 785 g/mol. The molecule has 0 aliphatic carbocycles. The highest BCUT2D eigenvalue weighted by atomic mass is 16.3. The Balaban J connectivity index is 1.00. The molecule has 0 unspecified atom stereocenters. The Morgan fingerprint density at radius 2 is 0.812 bits per heavy atom. The van der Waals surface area contributed by atoms with Crippen LogP contribution in [0.4, 0.5) is 39.8 Å². The third kappa shape index (κ3) is 6.15. The van der Waals surface area contributed by atoms with Crippen molar-refractivity contribution in [2.75, 3.05) is 9.80 Å². The molecule has 0 atom stereocenters. The molecule has 0 amide bonds. The third-order valence-electron chi connectivity index (χ3n) is 13.3. The summed E-state index contributed by atoms with van der Waals surface area (Å²) in [5, 5.41) is 17.8. The molecule has 0 aliphatic heterocycles. The number of nitriles is 1. The fourth-order valence-corrected chi connectivity index (χ4v) is 9.41. The molecule has 0 saturated heterocycles. The summed E-state index contributed by atoms with van der Waals surface area (Å²) in [5.74, 6) is 0. The lowest BCUT2D eigenvalue weighted by atomic mass is 10.0. The first-order valence-corrected chi connectivity index (χ1v) is 21.5. The number of aryl methyl sites for hydroxylation is 4. The topological polar surface area (TPSA) is 60.9 Å². The van der Waals surface area contributed by atoms with Gasteiger partial charge in [0.1, 0.15) is 22.3 Å². The van der Waals surface area contributed by atoms with Crippen molar-refractivity contribution < 1.29 is 8.83 Å². The zero-order valence-corrected chi connectivity index (χ0v) is 36.5. The van der Waals surface area contributed by atoms with E-state index in [1.165, 1.54) is 33.4 Å². The van der Waals surface area contributed by atoms with Crippen LogP contribution in [0.5, 0.6) is 0 Å². The summed E-state index contributed by atoms with van der Waals surface area (Å²) in [6.07, 6.45) is 0. The van der Waals surface area contributed by atoms with E-state index in [0.29, 0.717) is 11.3 Å². The normalized spacial score (nSPS) is 11.6. The van der Waals surface area contributed by atoms with Crippen LogP contribution in [-0.2, 0) is 0 Å². The predicted octanol–water partition coefficient (Wildman–Crippen LogP) is 17.0. The summed E-state index contributed by atoms with van der Waals surface area (Å²) < 4.78 is 13.6. The van der Waals surface area contributed by atoms with Gasteiger partial charge in [-0.05, 0) is 207 Å². The summed E-state index contributed by atoms with van der Waals surface area (Å²) >= 11 is 0. The van der Waals surface area contributed by atoms with Gasteiger partial charge in [-0.1, -0.05) is 24.3 Å². The van der Waals surface area contributed by atoms with Crippen LogP contribution in [0.25, 0.3) is 70.3 Å². The van der Waals surface area contributed by atoms with Crippen molar-refractivity contribution in [1.82, 2.24) is 0 Å². The number of benzene rings is 9. The van der Waals surface area contributed by atoms with Crippen LogP contribution < -0.4 is 9.80 Å². The van der Waals surface area contributed by atoms with Gasteiger partial charge >= 0.3 is 0 Å². The number of nitrogens with zero attached hydrogens (tertiary/aromatic N) is 4. The average Bonchev–Trinajstić information content (AvgIpc) is 3.87. The van der Waals surface area contributed by atoms with Gasteiger partial charge in [-0.15, -0.1) is 0 Å². The number of furan rings is 2. The van der Waals surface area contributed by atoms with Crippen LogP contribution in [0, 0.1) is 59.4 Å². The lowest BCUT2D eigenvalue weighted by molar-refractivity contribution is 0.667. The maximum absolute atomic E-state index is 9.52. The third-order valence-corrected chi connectivity index (χ3v) is 13.3. The molecule has 0 radical (unpaired) electrons. The Labute approximate surface area is 371 Å². The average molecular weight is 827 g/mol. The highest BCUT2D eigenvalue weighted by Crippen LogP contribution is 2.44. The van der Waals surface area contributed by atoms with Crippen LogP contribution in [0.1, 0.15) is 38.9 Å². The quantitative estimate of drug-likeness (QED) is 0.156. The molecule has 64 heavy (non-hydrogen) atoms. The molecule has 0 aliphatic rings. The van der Waals surface area contributed by atoms with Gasteiger partial charge < -0.3 is 18.6 Å². The Morgan fingerprint density at radius 3 is 1.22 bits per heavy atom. The molecular formula is C58H42N4O2. The minimum atomic E-state index is 0.612. The second kappa shape index (κ2) is 14.7. The highest BCUT2D eigenvalue weighted by Gasteiger charge is 2.21. The summed E-state index contributed by atoms with van der Waals surface area (Å²) in [4.78, 5) is 8.14. The minimum absolute atomic E-state index is 0.612. The van der Waals surface area contributed by atoms with E-state index in [1.807, 2.05) is 48.5 Å². The van der Waals surface area contributed by atoms with Crippen LogP contribution in [-0.4, -0.2) is 0 Å². The second-order valence-corrected chi connectivity index (χ2v) is 17.1. The molecule has 2 aromatic heterocycles. The highest BCUT2D eigenvalue weighted by molar-refractivity contribution is 6.21. The molecule has 0 bridgehead atoms. The largest absolute Gasteiger partial charge is 0.455 e. The van der Waals surface area contributed by atoms with Gasteiger partial charge in [0.15, 0.2) is 5.69 Å². The Kier molecular flexibility index (Phi) is 8.84. The second-order valence-electron chi connectivity index (χ2n) is 17.1. The first-order valence-electron chi connectivity index (χ1n) is 21.5. The minimum Gasteiger partial charge on any atom is -0.455 e. The number of hydrogen-bond acceptors (Lipinski definition) is 5. The molecule has 6 heteroatoms. The van der Waals surface area contributed by atoms with Crippen LogP contribution in [0.3, 0.4) is 0 Å².